The molecule has 0 aromatic carbocycles. The van der Waals surface area contributed by atoms with Crippen LogP contribution in [0.1, 0.15) is 31.6 Å². The lowest BCUT2D eigenvalue weighted by atomic mass is 9.99. The maximum atomic E-state index is 12.9. The molecule has 0 aliphatic carbocycles. The Morgan fingerprint density at radius 3 is 2.03 bits per heavy atom. The number of anilines is 2. The number of hydrogen-bond donors (Lipinski definition) is 0. The number of aromatic nitrogens is 2. The van der Waals surface area contributed by atoms with Crippen LogP contribution in [-0.4, -0.2) is 62.2 Å². The summed E-state index contributed by atoms with van der Waals surface area (Å²) < 4.78 is 27.8. The Hall–Kier alpha value is -1.71. The average Bonchev–Trinajstić information content (AvgIpc) is 3.25. The van der Waals surface area contributed by atoms with Gasteiger partial charge in [-0.25, -0.2) is 8.42 Å². The molecule has 4 rings (SSSR count). The maximum Gasteiger partial charge on any atom is 0.252 e. The van der Waals surface area contributed by atoms with E-state index >= 15 is 0 Å². The summed E-state index contributed by atoms with van der Waals surface area (Å²) in [6.45, 7) is 8.60. The molecule has 0 bridgehead atoms. The summed E-state index contributed by atoms with van der Waals surface area (Å²) >= 11 is 1.38. The first-order valence-electron chi connectivity index (χ1n) is 10.4. The fourth-order valence-corrected chi connectivity index (χ4v) is 6.74. The van der Waals surface area contributed by atoms with E-state index in [4.69, 9.17) is 0 Å². The molecule has 7 nitrogen and oxygen atoms in total. The summed E-state index contributed by atoms with van der Waals surface area (Å²) in [7, 11) is -3.40. The van der Waals surface area contributed by atoms with Crippen molar-refractivity contribution in [3.05, 3.63) is 29.1 Å². The Morgan fingerprint density at radius 1 is 0.931 bits per heavy atom. The second-order valence-corrected chi connectivity index (χ2v) is 11.2. The van der Waals surface area contributed by atoms with Gasteiger partial charge in [-0.05, 0) is 49.4 Å². The largest absolute Gasteiger partial charge is 0.355 e. The lowest BCUT2D eigenvalue weighted by Gasteiger charge is -2.34. The quantitative estimate of drug-likeness (QED) is 0.719. The highest BCUT2D eigenvalue weighted by atomic mass is 32.2. The van der Waals surface area contributed by atoms with E-state index in [1.54, 1.807) is 10.4 Å². The Bertz CT molecular complexity index is 913. The van der Waals surface area contributed by atoms with Crippen LogP contribution in [0.4, 0.5) is 11.6 Å². The lowest BCUT2D eigenvalue weighted by Crippen LogP contribution is -2.48. The molecule has 0 saturated carbocycles. The van der Waals surface area contributed by atoms with Crippen molar-refractivity contribution in [2.24, 2.45) is 5.92 Å². The summed E-state index contributed by atoms with van der Waals surface area (Å²) in [4.78, 5) is 5.51. The third kappa shape index (κ3) is 4.41. The molecule has 2 fully saturated rings. The Labute approximate surface area is 177 Å². The molecule has 0 radical (unpaired) electrons. The third-order valence-electron chi connectivity index (χ3n) is 5.89. The van der Waals surface area contributed by atoms with Crippen LogP contribution in [-0.2, 0) is 16.4 Å². The predicted molar refractivity (Wildman–Crippen MR) is 117 cm³/mol. The molecule has 2 saturated heterocycles. The smallest absolute Gasteiger partial charge is 0.252 e. The van der Waals surface area contributed by atoms with E-state index in [0.717, 1.165) is 41.9 Å². The summed E-state index contributed by atoms with van der Waals surface area (Å²) in [5.74, 6) is 2.54. The fraction of sp³-hybridized carbons (Fsp3) is 0.600. The van der Waals surface area contributed by atoms with Crippen LogP contribution < -0.4 is 9.80 Å². The Morgan fingerprint density at radius 2 is 1.52 bits per heavy atom. The summed E-state index contributed by atoms with van der Waals surface area (Å²) in [6.07, 6.45) is 3.26. The molecule has 2 aliphatic heterocycles. The van der Waals surface area contributed by atoms with Gasteiger partial charge in [0.25, 0.3) is 10.0 Å². The number of nitrogens with zero attached hydrogens (tertiary/aromatic N) is 5. The molecule has 2 aromatic rings. The first-order chi connectivity index (χ1) is 14.0. The fourth-order valence-electron chi connectivity index (χ4n) is 3.86. The van der Waals surface area contributed by atoms with Crippen LogP contribution in [0.2, 0.25) is 0 Å². The molecular formula is C20H29N5O2S2. The van der Waals surface area contributed by atoms with Crippen molar-refractivity contribution < 1.29 is 8.42 Å². The molecule has 0 unspecified atom stereocenters. The summed E-state index contributed by atoms with van der Waals surface area (Å²) in [5, 5.41) is 8.86. The first kappa shape index (κ1) is 20.6. The number of aryl methyl sites for hydroxylation is 1. The summed E-state index contributed by atoms with van der Waals surface area (Å²) in [5.41, 5.74) is 0. The van der Waals surface area contributed by atoms with Gasteiger partial charge in [-0.3, -0.25) is 0 Å². The number of piperazine rings is 1. The van der Waals surface area contributed by atoms with Crippen LogP contribution in [0.5, 0.6) is 0 Å². The van der Waals surface area contributed by atoms with Gasteiger partial charge >= 0.3 is 0 Å². The Kier molecular flexibility index (Phi) is 6.08. The van der Waals surface area contributed by atoms with Crippen molar-refractivity contribution in [1.29, 1.82) is 0 Å². The molecule has 0 N–H and O–H groups in total. The second-order valence-electron chi connectivity index (χ2n) is 7.88. The number of thiophene rings is 1. The molecular weight excluding hydrogens is 406 g/mol. The molecule has 0 spiro atoms. The van der Waals surface area contributed by atoms with Gasteiger partial charge in [0.2, 0.25) is 0 Å². The zero-order valence-corrected chi connectivity index (χ0v) is 18.8. The predicted octanol–water partition coefficient (Wildman–Crippen LogP) is 2.85. The van der Waals surface area contributed by atoms with Gasteiger partial charge in [-0.2, -0.15) is 4.31 Å². The number of hydrogen-bond acceptors (Lipinski definition) is 7. The monoisotopic (exact) mass is 435 g/mol. The Balaban J connectivity index is 1.37. The van der Waals surface area contributed by atoms with Gasteiger partial charge in [0.15, 0.2) is 11.6 Å². The first-order valence-corrected chi connectivity index (χ1v) is 12.7. The van der Waals surface area contributed by atoms with Crippen LogP contribution in [0, 0.1) is 5.92 Å². The van der Waals surface area contributed by atoms with E-state index in [0.29, 0.717) is 30.4 Å². The van der Waals surface area contributed by atoms with Crippen molar-refractivity contribution in [3.63, 3.8) is 0 Å². The highest BCUT2D eigenvalue weighted by Gasteiger charge is 2.30. The van der Waals surface area contributed by atoms with Gasteiger partial charge in [-0.1, -0.05) is 13.8 Å². The molecule has 2 aromatic heterocycles. The molecule has 158 valence electrons. The van der Waals surface area contributed by atoms with Crippen molar-refractivity contribution >= 4 is 33.0 Å². The van der Waals surface area contributed by atoms with E-state index in [-0.39, 0.29) is 0 Å². The molecule has 0 atom stereocenters. The highest BCUT2D eigenvalue weighted by molar-refractivity contribution is 7.91. The van der Waals surface area contributed by atoms with E-state index in [9.17, 15) is 8.42 Å². The van der Waals surface area contributed by atoms with Gasteiger partial charge in [0.1, 0.15) is 4.21 Å². The van der Waals surface area contributed by atoms with Crippen molar-refractivity contribution in [1.82, 2.24) is 14.5 Å². The van der Waals surface area contributed by atoms with E-state index in [2.05, 4.69) is 26.9 Å². The zero-order chi connectivity index (χ0) is 20.4. The van der Waals surface area contributed by atoms with Gasteiger partial charge in [0, 0.05) is 44.1 Å². The SMILES string of the molecule is CCc1ccc(S(=O)(=O)N2CCN(c3ccc(N4CCC(C)CC4)nn3)CC2)s1. The maximum absolute atomic E-state index is 12.9. The second kappa shape index (κ2) is 8.57. The third-order valence-corrected chi connectivity index (χ3v) is 9.48. The molecule has 4 heterocycles. The molecule has 29 heavy (non-hydrogen) atoms. The minimum Gasteiger partial charge on any atom is -0.355 e. The normalized spacial score (nSPS) is 19.7. The minimum absolute atomic E-state index is 0.447. The van der Waals surface area contributed by atoms with Crippen LogP contribution in [0.15, 0.2) is 28.5 Å². The standard InChI is InChI=1S/C20H29N5O2S2/c1-3-17-4-7-20(28-17)29(26,27)25-14-12-24(13-15-25)19-6-5-18(21-22-19)23-10-8-16(2)9-11-23/h4-7,16H,3,8-15H2,1-2H3. The molecule has 9 heteroatoms. The van der Waals surface area contributed by atoms with E-state index in [1.165, 1.54) is 24.2 Å². The number of rotatable bonds is 5. The molecule has 2 aliphatic rings. The van der Waals surface area contributed by atoms with Crippen molar-refractivity contribution in [2.75, 3.05) is 49.1 Å². The van der Waals surface area contributed by atoms with E-state index in [1.807, 2.05) is 25.1 Å². The van der Waals surface area contributed by atoms with Gasteiger partial charge in [-0.15, -0.1) is 21.5 Å². The zero-order valence-electron chi connectivity index (χ0n) is 17.1. The van der Waals surface area contributed by atoms with Crippen LogP contribution in [0.3, 0.4) is 0 Å². The van der Waals surface area contributed by atoms with Crippen molar-refractivity contribution in [3.8, 4) is 0 Å². The minimum atomic E-state index is -3.40. The van der Waals surface area contributed by atoms with Crippen LogP contribution >= 0.6 is 11.3 Å². The van der Waals surface area contributed by atoms with Gasteiger partial charge < -0.3 is 9.80 Å². The molecule has 0 amide bonds. The number of piperidine rings is 1. The number of sulfonamides is 1. The average molecular weight is 436 g/mol. The highest BCUT2D eigenvalue weighted by Crippen LogP contribution is 2.27. The van der Waals surface area contributed by atoms with Crippen molar-refractivity contribution in [2.45, 2.75) is 37.3 Å². The van der Waals surface area contributed by atoms with Crippen LogP contribution in [0.25, 0.3) is 0 Å². The summed E-state index contributed by atoms with van der Waals surface area (Å²) in [6, 6.07) is 7.70. The van der Waals surface area contributed by atoms with Gasteiger partial charge in [0.05, 0.1) is 0 Å². The van der Waals surface area contributed by atoms with E-state index < -0.39 is 10.0 Å². The lowest BCUT2D eigenvalue weighted by molar-refractivity contribution is 0.384. The topological polar surface area (TPSA) is 69.6 Å².